The standard InChI is InChI=1S/C11H22O2.C4H10/c1-3-5-6-8-11(7-4-2)12-9-10-13-11;1-4(2)3/h3-10H2,1-2H3;4H,1-3H3. The third kappa shape index (κ3) is 8.62. The summed E-state index contributed by atoms with van der Waals surface area (Å²) in [6, 6.07) is 0. The lowest BCUT2D eigenvalue weighted by atomic mass is 10.0. The molecule has 17 heavy (non-hydrogen) atoms. The zero-order chi connectivity index (χ0) is 13.1. The first kappa shape index (κ1) is 16.9. The van der Waals surface area contributed by atoms with Crippen LogP contribution in [0.5, 0.6) is 0 Å². The van der Waals surface area contributed by atoms with E-state index in [-0.39, 0.29) is 5.79 Å². The van der Waals surface area contributed by atoms with Crippen LogP contribution in [0.3, 0.4) is 0 Å². The van der Waals surface area contributed by atoms with E-state index in [0.717, 1.165) is 38.4 Å². The van der Waals surface area contributed by atoms with Crippen molar-refractivity contribution in [2.75, 3.05) is 13.2 Å². The van der Waals surface area contributed by atoms with Crippen molar-refractivity contribution in [3.05, 3.63) is 0 Å². The summed E-state index contributed by atoms with van der Waals surface area (Å²) in [4.78, 5) is 0. The fraction of sp³-hybridized carbons (Fsp3) is 1.00. The quantitative estimate of drug-likeness (QED) is 0.626. The minimum absolute atomic E-state index is 0.204. The van der Waals surface area contributed by atoms with Gasteiger partial charge in [-0.25, -0.2) is 0 Å². The molecule has 0 N–H and O–H groups in total. The van der Waals surface area contributed by atoms with Gasteiger partial charge in [0.05, 0.1) is 13.2 Å². The number of hydrogen-bond donors (Lipinski definition) is 0. The van der Waals surface area contributed by atoms with Crippen LogP contribution in [0.25, 0.3) is 0 Å². The number of unbranched alkanes of at least 4 members (excludes halogenated alkanes) is 2. The van der Waals surface area contributed by atoms with Crippen LogP contribution < -0.4 is 0 Å². The molecule has 0 aromatic heterocycles. The van der Waals surface area contributed by atoms with Crippen LogP contribution in [0.1, 0.15) is 73.1 Å². The maximum absolute atomic E-state index is 5.71. The molecule has 1 rings (SSSR count). The molecular formula is C15H32O2. The Labute approximate surface area is 108 Å². The van der Waals surface area contributed by atoms with E-state index in [1.807, 2.05) is 0 Å². The highest BCUT2D eigenvalue weighted by molar-refractivity contribution is 4.73. The van der Waals surface area contributed by atoms with Crippen molar-refractivity contribution in [3.63, 3.8) is 0 Å². The van der Waals surface area contributed by atoms with Crippen LogP contribution in [-0.4, -0.2) is 19.0 Å². The second-order valence-electron chi connectivity index (χ2n) is 5.55. The molecule has 0 amide bonds. The third-order valence-corrected chi connectivity index (χ3v) is 2.61. The van der Waals surface area contributed by atoms with Crippen molar-refractivity contribution in [1.82, 2.24) is 0 Å². The van der Waals surface area contributed by atoms with Crippen LogP contribution in [0, 0.1) is 5.92 Å². The molecule has 0 unspecified atom stereocenters. The van der Waals surface area contributed by atoms with Crippen LogP contribution >= 0.6 is 0 Å². The molecule has 0 spiro atoms. The molecule has 2 heteroatoms. The van der Waals surface area contributed by atoms with Crippen LogP contribution in [0.15, 0.2) is 0 Å². The first-order valence-corrected chi connectivity index (χ1v) is 7.34. The fourth-order valence-corrected chi connectivity index (χ4v) is 1.94. The lowest BCUT2D eigenvalue weighted by molar-refractivity contribution is -0.167. The van der Waals surface area contributed by atoms with E-state index in [2.05, 4.69) is 34.6 Å². The number of ether oxygens (including phenoxy) is 2. The molecule has 0 radical (unpaired) electrons. The Morgan fingerprint density at radius 2 is 1.41 bits per heavy atom. The Bertz CT molecular complexity index is 158. The van der Waals surface area contributed by atoms with Gasteiger partial charge >= 0.3 is 0 Å². The maximum Gasteiger partial charge on any atom is 0.168 e. The van der Waals surface area contributed by atoms with Gasteiger partial charge in [-0.1, -0.05) is 53.9 Å². The normalized spacial score (nSPS) is 18.0. The zero-order valence-electron chi connectivity index (χ0n) is 12.6. The highest BCUT2D eigenvalue weighted by Gasteiger charge is 2.34. The molecule has 1 heterocycles. The molecular weight excluding hydrogens is 212 g/mol. The molecule has 0 bridgehead atoms. The van der Waals surface area contributed by atoms with Gasteiger partial charge in [-0.2, -0.15) is 0 Å². The summed E-state index contributed by atoms with van der Waals surface area (Å²) in [6.07, 6.45) is 7.06. The summed E-state index contributed by atoms with van der Waals surface area (Å²) in [6.45, 7) is 12.5. The van der Waals surface area contributed by atoms with Gasteiger partial charge in [-0.3, -0.25) is 0 Å². The summed E-state index contributed by atoms with van der Waals surface area (Å²) in [5, 5.41) is 0. The SMILES string of the molecule is CC(C)C.CCCCCC1(CCC)OCCO1. The highest BCUT2D eigenvalue weighted by Crippen LogP contribution is 2.30. The largest absolute Gasteiger partial charge is 0.348 e. The van der Waals surface area contributed by atoms with Crippen molar-refractivity contribution in [1.29, 1.82) is 0 Å². The highest BCUT2D eigenvalue weighted by atomic mass is 16.7. The maximum atomic E-state index is 5.71. The summed E-state index contributed by atoms with van der Waals surface area (Å²) < 4.78 is 11.4. The average molecular weight is 244 g/mol. The molecule has 1 aliphatic heterocycles. The minimum Gasteiger partial charge on any atom is -0.348 e. The van der Waals surface area contributed by atoms with E-state index < -0.39 is 0 Å². The van der Waals surface area contributed by atoms with Crippen molar-refractivity contribution in [3.8, 4) is 0 Å². The van der Waals surface area contributed by atoms with Gasteiger partial charge in [-0.15, -0.1) is 0 Å². The Morgan fingerprint density at radius 1 is 0.882 bits per heavy atom. The second kappa shape index (κ2) is 9.90. The van der Waals surface area contributed by atoms with E-state index in [1.54, 1.807) is 0 Å². The summed E-state index contributed by atoms with van der Waals surface area (Å²) >= 11 is 0. The van der Waals surface area contributed by atoms with Gasteiger partial charge in [0.2, 0.25) is 0 Å². The second-order valence-corrected chi connectivity index (χ2v) is 5.55. The van der Waals surface area contributed by atoms with Crippen LogP contribution in [0.2, 0.25) is 0 Å². The van der Waals surface area contributed by atoms with E-state index in [4.69, 9.17) is 9.47 Å². The summed E-state index contributed by atoms with van der Waals surface area (Å²) in [5.74, 6) is 0.629. The first-order valence-electron chi connectivity index (χ1n) is 7.34. The number of rotatable bonds is 6. The topological polar surface area (TPSA) is 18.5 Å². The van der Waals surface area contributed by atoms with E-state index >= 15 is 0 Å². The zero-order valence-corrected chi connectivity index (χ0v) is 12.6. The van der Waals surface area contributed by atoms with Crippen molar-refractivity contribution >= 4 is 0 Å². The Hall–Kier alpha value is -0.0800. The van der Waals surface area contributed by atoms with Gasteiger partial charge in [-0.05, 0) is 12.3 Å². The molecule has 0 aliphatic carbocycles. The van der Waals surface area contributed by atoms with Crippen molar-refractivity contribution in [2.45, 2.75) is 78.9 Å². The van der Waals surface area contributed by atoms with Crippen molar-refractivity contribution in [2.24, 2.45) is 5.92 Å². The molecule has 1 saturated heterocycles. The molecule has 2 nitrogen and oxygen atoms in total. The monoisotopic (exact) mass is 244 g/mol. The molecule has 0 aromatic carbocycles. The molecule has 0 saturated carbocycles. The van der Waals surface area contributed by atoms with Gasteiger partial charge in [0.1, 0.15) is 0 Å². The van der Waals surface area contributed by atoms with Gasteiger partial charge in [0.15, 0.2) is 5.79 Å². The smallest absolute Gasteiger partial charge is 0.168 e. The predicted octanol–water partition coefficient (Wildman–Crippen LogP) is 4.77. The lowest BCUT2D eigenvalue weighted by Gasteiger charge is -2.26. The Morgan fingerprint density at radius 3 is 1.82 bits per heavy atom. The van der Waals surface area contributed by atoms with Gasteiger partial charge in [0, 0.05) is 12.8 Å². The Kier molecular flexibility index (Phi) is 9.85. The molecule has 0 aromatic rings. The third-order valence-electron chi connectivity index (χ3n) is 2.61. The van der Waals surface area contributed by atoms with E-state index in [9.17, 15) is 0 Å². The number of hydrogen-bond acceptors (Lipinski definition) is 2. The molecule has 1 fully saturated rings. The molecule has 1 aliphatic rings. The van der Waals surface area contributed by atoms with Gasteiger partial charge < -0.3 is 9.47 Å². The summed E-state index contributed by atoms with van der Waals surface area (Å²) in [7, 11) is 0. The van der Waals surface area contributed by atoms with E-state index in [0.29, 0.717) is 0 Å². The first-order chi connectivity index (χ1) is 8.06. The summed E-state index contributed by atoms with van der Waals surface area (Å²) in [5.41, 5.74) is 0. The van der Waals surface area contributed by atoms with Crippen molar-refractivity contribution < 1.29 is 9.47 Å². The molecule has 104 valence electrons. The minimum atomic E-state index is -0.204. The van der Waals surface area contributed by atoms with Crippen LogP contribution in [0.4, 0.5) is 0 Å². The predicted molar refractivity (Wildman–Crippen MR) is 74.2 cm³/mol. The lowest BCUT2D eigenvalue weighted by Crippen LogP contribution is -2.29. The van der Waals surface area contributed by atoms with E-state index in [1.165, 1.54) is 19.3 Å². The van der Waals surface area contributed by atoms with Crippen LogP contribution in [-0.2, 0) is 9.47 Å². The Balaban J connectivity index is 0.000000557. The fourth-order valence-electron chi connectivity index (χ4n) is 1.94. The average Bonchev–Trinajstić information content (AvgIpc) is 2.67. The molecule has 0 atom stereocenters. The van der Waals surface area contributed by atoms with Gasteiger partial charge in [0.25, 0.3) is 0 Å².